The van der Waals surface area contributed by atoms with Crippen molar-refractivity contribution in [1.29, 1.82) is 0 Å². The molecule has 2 aliphatic rings. The fourth-order valence-corrected chi connectivity index (χ4v) is 3.57. The molecule has 2 heteroatoms. The number of aryl methyl sites for hydroxylation is 1. The fraction of sp³-hybridized carbons (Fsp3) is 0.625. The average Bonchev–Trinajstić information content (AvgIpc) is 2.56. The molecule has 1 spiro atoms. The summed E-state index contributed by atoms with van der Waals surface area (Å²) in [5.74, 6) is 0. The van der Waals surface area contributed by atoms with Crippen molar-refractivity contribution in [3.8, 4) is 0 Å². The van der Waals surface area contributed by atoms with Crippen LogP contribution in [-0.4, -0.2) is 13.1 Å². The molecule has 0 bridgehead atoms. The Kier molecular flexibility index (Phi) is 2.96. The van der Waals surface area contributed by atoms with Gasteiger partial charge in [0.15, 0.2) is 0 Å². The van der Waals surface area contributed by atoms with Gasteiger partial charge in [0, 0.05) is 29.9 Å². The summed E-state index contributed by atoms with van der Waals surface area (Å²) >= 11 is 0. The van der Waals surface area contributed by atoms with Crippen molar-refractivity contribution in [3.63, 3.8) is 0 Å². The molecule has 1 heterocycles. The summed E-state index contributed by atoms with van der Waals surface area (Å²) in [5.41, 5.74) is 10.1. The van der Waals surface area contributed by atoms with Gasteiger partial charge in [-0.25, -0.2) is 0 Å². The predicted octanol–water partition coefficient (Wildman–Crippen LogP) is 3.74. The van der Waals surface area contributed by atoms with E-state index in [-0.39, 0.29) is 0 Å². The lowest BCUT2D eigenvalue weighted by atomic mass is 9.73. The highest BCUT2D eigenvalue weighted by molar-refractivity contribution is 5.61. The monoisotopic (exact) mass is 244 g/mol. The summed E-state index contributed by atoms with van der Waals surface area (Å²) in [6.45, 7) is 4.56. The molecule has 1 aromatic rings. The molecule has 1 saturated carbocycles. The maximum absolute atomic E-state index is 6.01. The number of benzene rings is 1. The molecule has 3 rings (SSSR count). The molecule has 1 aliphatic carbocycles. The maximum atomic E-state index is 6.01. The number of hydrogen-bond donors (Lipinski definition) is 1. The Morgan fingerprint density at radius 2 is 1.72 bits per heavy atom. The Morgan fingerprint density at radius 1 is 1.06 bits per heavy atom. The van der Waals surface area contributed by atoms with Gasteiger partial charge in [-0.05, 0) is 37.5 Å². The van der Waals surface area contributed by atoms with E-state index in [0.29, 0.717) is 5.41 Å². The van der Waals surface area contributed by atoms with Crippen molar-refractivity contribution in [2.45, 2.75) is 45.4 Å². The molecular weight excluding hydrogens is 220 g/mol. The number of anilines is 2. The van der Waals surface area contributed by atoms with Crippen molar-refractivity contribution in [3.05, 3.63) is 23.8 Å². The Hall–Kier alpha value is -1.18. The van der Waals surface area contributed by atoms with E-state index in [9.17, 15) is 0 Å². The third-order valence-electron chi connectivity index (χ3n) is 4.84. The molecule has 18 heavy (non-hydrogen) atoms. The minimum absolute atomic E-state index is 0.635. The molecule has 2 nitrogen and oxygen atoms in total. The molecule has 2 fully saturated rings. The van der Waals surface area contributed by atoms with Gasteiger partial charge in [0.1, 0.15) is 0 Å². The van der Waals surface area contributed by atoms with Crippen LogP contribution in [0.5, 0.6) is 0 Å². The van der Waals surface area contributed by atoms with Gasteiger partial charge in [0.2, 0.25) is 0 Å². The van der Waals surface area contributed by atoms with E-state index in [1.165, 1.54) is 62.9 Å². The minimum atomic E-state index is 0.635. The number of nitrogens with two attached hydrogens (primary N) is 1. The Labute approximate surface area is 110 Å². The van der Waals surface area contributed by atoms with Crippen LogP contribution in [0.2, 0.25) is 0 Å². The van der Waals surface area contributed by atoms with Crippen molar-refractivity contribution in [1.82, 2.24) is 0 Å². The highest BCUT2D eigenvalue weighted by atomic mass is 15.2. The zero-order valence-electron chi connectivity index (χ0n) is 11.4. The summed E-state index contributed by atoms with van der Waals surface area (Å²) in [6, 6.07) is 6.50. The molecule has 0 radical (unpaired) electrons. The summed E-state index contributed by atoms with van der Waals surface area (Å²) < 4.78 is 0. The van der Waals surface area contributed by atoms with Crippen LogP contribution in [0.15, 0.2) is 18.2 Å². The molecule has 0 atom stereocenters. The van der Waals surface area contributed by atoms with Gasteiger partial charge in [-0.3, -0.25) is 0 Å². The predicted molar refractivity (Wildman–Crippen MR) is 77.9 cm³/mol. The van der Waals surface area contributed by atoms with Gasteiger partial charge in [-0.15, -0.1) is 0 Å². The smallest absolute Gasteiger partial charge is 0.0387 e. The summed E-state index contributed by atoms with van der Waals surface area (Å²) in [6.07, 6.45) is 8.63. The Balaban J connectivity index is 1.68. The highest BCUT2D eigenvalue weighted by Crippen LogP contribution is 2.44. The molecule has 0 aromatic heterocycles. The van der Waals surface area contributed by atoms with Crippen LogP contribution in [0.3, 0.4) is 0 Å². The number of nitrogens with zero attached hydrogens (tertiary/aromatic N) is 1. The molecule has 1 saturated heterocycles. The summed E-state index contributed by atoms with van der Waals surface area (Å²) in [7, 11) is 0. The molecule has 1 aromatic carbocycles. The molecule has 1 aliphatic heterocycles. The van der Waals surface area contributed by atoms with E-state index in [0.717, 1.165) is 5.69 Å². The molecule has 98 valence electrons. The topological polar surface area (TPSA) is 29.3 Å². The zero-order chi connectivity index (χ0) is 12.6. The third-order valence-corrected chi connectivity index (χ3v) is 4.84. The largest absolute Gasteiger partial charge is 0.398 e. The maximum Gasteiger partial charge on any atom is 0.0387 e. The quantitative estimate of drug-likeness (QED) is 0.763. The van der Waals surface area contributed by atoms with Crippen molar-refractivity contribution >= 4 is 11.4 Å². The van der Waals surface area contributed by atoms with Crippen LogP contribution in [0.1, 0.15) is 44.1 Å². The minimum Gasteiger partial charge on any atom is -0.398 e. The summed E-state index contributed by atoms with van der Waals surface area (Å²) in [5, 5.41) is 0. The third kappa shape index (κ3) is 2.09. The van der Waals surface area contributed by atoms with Gasteiger partial charge < -0.3 is 10.6 Å². The van der Waals surface area contributed by atoms with Crippen LogP contribution >= 0.6 is 0 Å². The number of rotatable bonds is 1. The van der Waals surface area contributed by atoms with Crippen molar-refractivity contribution < 1.29 is 0 Å². The van der Waals surface area contributed by atoms with Gasteiger partial charge >= 0.3 is 0 Å². The van der Waals surface area contributed by atoms with Gasteiger partial charge in [0.25, 0.3) is 0 Å². The van der Waals surface area contributed by atoms with Crippen LogP contribution in [0, 0.1) is 12.3 Å². The fourth-order valence-electron chi connectivity index (χ4n) is 3.57. The first-order chi connectivity index (χ1) is 8.69. The molecular formula is C16H24N2. The Morgan fingerprint density at radius 3 is 2.33 bits per heavy atom. The lowest BCUT2D eigenvalue weighted by Gasteiger charge is -2.51. The van der Waals surface area contributed by atoms with Crippen LogP contribution in [0.25, 0.3) is 0 Å². The van der Waals surface area contributed by atoms with Crippen LogP contribution in [-0.2, 0) is 0 Å². The first kappa shape index (κ1) is 11.9. The summed E-state index contributed by atoms with van der Waals surface area (Å²) in [4.78, 5) is 2.50. The molecule has 2 N–H and O–H groups in total. The van der Waals surface area contributed by atoms with E-state index < -0.39 is 0 Å². The van der Waals surface area contributed by atoms with Crippen LogP contribution in [0.4, 0.5) is 11.4 Å². The molecule has 0 unspecified atom stereocenters. The second kappa shape index (κ2) is 4.49. The van der Waals surface area contributed by atoms with E-state index in [2.05, 4.69) is 30.0 Å². The first-order valence-electron chi connectivity index (χ1n) is 7.30. The van der Waals surface area contributed by atoms with Crippen molar-refractivity contribution in [2.24, 2.45) is 5.41 Å². The lowest BCUT2D eigenvalue weighted by molar-refractivity contribution is 0.180. The lowest BCUT2D eigenvalue weighted by Crippen LogP contribution is -2.56. The second-order valence-corrected chi connectivity index (χ2v) is 6.31. The van der Waals surface area contributed by atoms with E-state index in [1.54, 1.807) is 0 Å². The standard InChI is InChI=1S/C16H24N2/c1-13-6-7-14(10-15(13)17)18-11-16(12-18)8-4-2-3-5-9-16/h6-7,10H,2-5,8-9,11-12,17H2,1H3. The van der Waals surface area contributed by atoms with Gasteiger partial charge in [-0.2, -0.15) is 0 Å². The average molecular weight is 244 g/mol. The van der Waals surface area contributed by atoms with Crippen molar-refractivity contribution in [2.75, 3.05) is 23.7 Å². The number of nitrogen functional groups attached to an aromatic ring is 1. The van der Waals surface area contributed by atoms with Gasteiger partial charge in [-0.1, -0.05) is 31.7 Å². The van der Waals surface area contributed by atoms with Crippen LogP contribution < -0.4 is 10.6 Å². The zero-order valence-corrected chi connectivity index (χ0v) is 11.4. The van der Waals surface area contributed by atoms with E-state index >= 15 is 0 Å². The van der Waals surface area contributed by atoms with Gasteiger partial charge in [0.05, 0.1) is 0 Å². The molecule has 0 amide bonds. The SMILES string of the molecule is Cc1ccc(N2CC3(CCCCCC3)C2)cc1N. The second-order valence-electron chi connectivity index (χ2n) is 6.31. The van der Waals surface area contributed by atoms with E-state index in [4.69, 9.17) is 5.73 Å². The number of hydrogen-bond acceptors (Lipinski definition) is 2. The highest BCUT2D eigenvalue weighted by Gasteiger charge is 2.42. The van der Waals surface area contributed by atoms with E-state index in [1.807, 2.05) is 0 Å². The normalized spacial score (nSPS) is 22.6. The Bertz CT molecular complexity index is 423. The first-order valence-corrected chi connectivity index (χ1v) is 7.30.